The van der Waals surface area contributed by atoms with Crippen molar-refractivity contribution in [3.63, 3.8) is 0 Å². The molecule has 0 rings (SSSR count). The third-order valence-corrected chi connectivity index (χ3v) is 11.5. The molecule has 0 heterocycles. The first-order valence-corrected chi connectivity index (χ1v) is 24.7. The minimum Gasteiger partial charge on any atom is -0.394 e. The van der Waals surface area contributed by atoms with Gasteiger partial charge in [-0.3, -0.25) is 4.79 Å². The second-order valence-electron chi connectivity index (χ2n) is 17.0. The average Bonchev–Trinajstić information content (AvgIpc) is 3.19. The number of unbranched alkanes of at least 4 members (excludes halogenated alkanes) is 35. The number of amides is 1. The van der Waals surface area contributed by atoms with Gasteiger partial charge in [-0.1, -0.05) is 256 Å². The largest absolute Gasteiger partial charge is 0.394 e. The normalized spacial score (nSPS) is 13.6. The summed E-state index contributed by atoms with van der Waals surface area (Å²) in [6.07, 6.45) is 56.7. The van der Waals surface area contributed by atoms with Crippen LogP contribution in [0.4, 0.5) is 0 Å². The van der Waals surface area contributed by atoms with Crippen LogP contribution in [0.2, 0.25) is 0 Å². The Labute approximate surface area is 343 Å². The number of hydrogen-bond acceptors (Lipinski definition) is 4. The van der Waals surface area contributed by atoms with Crippen molar-refractivity contribution in [1.29, 1.82) is 0 Å². The lowest BCUT2D eigenvalue weighted by Crippen LogP contribution is -2.48. The monoisotopic (exact) mass is 776 g/mol. The van der Waals surface area contributed by atoms with Crippen molar-refractivity contribution in [2.45, 2.75) is 283 Å². The van der Waals surface area contributed by atoms with Gasteiger partial charge in [0, 0.05) is 0 Å². The molecule has 0 bridgehead atoms. The van der Waals surface area contributed by atoms with E-state index in [4.69, 9.17) is 0 Å². The fourth-order valence-corrected chi connectivity index (χ4v) is 7.67. The van der Waals surface area contributed by atoms with Crippen molar-refractivity contribution in [1.82, 2.24) is 5.32 Å². The number of rotatable bonds is 45. The van der Waals surface area contributed by atoms with Gasteiger partial charge in [-0.15, -0.1) is 0 Å². The topological polar surface area (TPSA) is 89.8 Å². The number of carbonyl (C=O) groups is 1. The van der Waals surface area contributed by atoms with Gasteiger partial charge < -0.3 is 20.6 Å². The van der Waals surface area contributed by atoms with Gasteiger partial charge in [-0.25, -0.2) is 0 Å². The Morgan fingerprint density at radius 3 is 1.11 bits per heavy atom. The zero-order valence-electron chi connectivity index (χ0n) is 37.1. The van der Waals surface area contributed by atoms with Crippen molar-refractivity contribution >= 4 is 5.91 Å². The van der Waals surface area contributed by atoms with Crippen molar-refractivity contribution in [3.8, 4) is 0 Å². The molecular formula is C50H97NO4. The van der Waals surface area contributed by atoms with E-state index in [0.29, 0.717) is 6.42 Å². The summed E-state index contributed by atoms with van der Waals surface area (Å²) in [7, 11) is 0. The van der Waals surface area contributed by atoms with Crippen LogP contribution >= 0.6 is 0 Å². The first kappa shape index (κ1) is 53.8. The molecule has 1 amide bonds. The summed E-state index contributed by atoms with van der Waals surface area (Å²) in [4.78, 5) is 12.5. The molecule has 55 heavy (non-hydrogen) atoms. The highest BCUT2D eigenvalue weighted by molar-refractivity contribution is 5.80. The highest BCUT2D eigenvalue weighted by Gasteiger charge is 2.22. The van der Waals surface area contributed by atoms with Crippen LogP contribution < -0.4 is 5.32 Å². The molecule has 0 saturated carbocycles. The lowest BCUT2D eigenvalue weighted by molar-refractivity contribution is -0.131. The SMILES string of the molecule is CCCCCCCCCC/C=C/CC/C=C/C(O)C(CO)NC(=O)C(O)CCCCCCCCCCCCCCCCCCCCCCCCCCCCC. The molecule has 3 unspecified atom stereocenters. The fraction of sp³-hybridized carbons (Fsp3) is 0.900. The summed E-state index contributed by atoms with van der Waals surface area (Å²) in [5.41, 5.74) is 0. The zero-order chi connectivity index (χ0) is 40.1. The van der Waals surface area contributed by atoms with Crippen LogP contribution in [0.25, 0.3) is 0 Å². The van der Waals surface area contributed by atoms with E-state index in [2.05, 4.69) is 31.3 Å². The Morgan fingerprint density at radius 2 is 0.745 bits per heavy atom. The molecule has 0 aromatic carbocycles. The Balaban J connectivity index is 3.56. The average molecular weight is 776 g/mol. The van der Waals surface area contributed by atoms with Crippen LogP contribution in [-0.2, 0) is 4.79 Å². The van der Waals surface area contributed by atoms with Crippen molar-refractivity contribution in [3.05, 3.63) is 24.3 Å². The maximum absolute atomic E-state index is 12.5. The summed E-state index contributed by atoms with van der Waals surface area (Å²) in [5.74, 6) is -0.509. The van der Waals surface area contributed by atoms with Gasteiger partial charge in [0.25, 0.3) is 0 Å². The van der Waals surface area contributed by atoms with Crippen LogP contribution in [0.1, 0.15) is 264 Å². The smallest absolute Gasteiger partial charge is 0.249 e. The van der Waals surface area contributed by atoms with Gasteiger partial charge in [-0.2, -0.15) is 0 Å². The molecule has 0 radical (unpaired) electrons. The van der Waals surface area contributed by atoms with E-state index in [-0.39, 0.29) is 6.61 Å². The number of nitrogens with one attached hydrogen (secondary N) is 1. The second-order valence-corrected chi connectivity index (χ2v) is 17.0. The van der Waals surface area contributed by atoms with E-state index >= 15 is 0 Å². The molecule has 0 aromatic rings. The molecule has 3 atom stereocenters. The summed E-state index contributed by atoms with van der Waals surface area (Å²) < 4.78 is 0. The van der Waals surface area contributed by atoms with Crippen LogP contribution in [0.15, 0.2) is 24.3 Å². The molecule has 0 fully saturated rings. The van der Waals surface area contributed by atoms with Crippen molar-refractivity contribution in [2.75, 3.05) is 6.61 Å². The maximum atomic E-state index is 12.5. The molecular weight excluding hydrogens is 679 g/mol. The Morgan fingerprint density at radius 1 is 0.436 bits per heavy atom. The molecule has 5 nitrogen and oxygen atoms in total. The quantitative estimate of drug-likeness (QED) is 0.0366. The molecule has 0 aliphatic heterocycles. The van der Waals surface area contributed by atoms with Gasteiger partial charge in [0.1, 0.15) is 6.10 Å². The lowest BCUT2D eigenvalue weighted by Gasteiger charge is -2.21. The Hall–Kier alpha value is -1.17. The Bertz CT molecular complexity index is 814. The van der Waals surface area contributed by atoms with Gasteiger partial charge in [0.2, 0.25) is 5.91 Å². The van der Waals surface area contributed by atoms with Crippen LogP contribution in [-0.4, -0.2) is 46.1 Å². The van der Waals surface area contributed by atoms with E-state index in [9.17, 15) is 20.1 Å². The van der Waals surface area contributed by atoms with Crippen LogP contribution in [0, 0.1) is 0 Å². The number of aliphatic hydroxyl groups is 3. The number of allylic oxidation sites excluding steroid dienone is 3. The Kier molecular flexibility index (Phi) is 44.6. The fourth-order valence-electron chi connectivity index (χ4n) is 7.67. The summed E-state index contributed by atoms with van der Waals surface area (Å²) in [6.45, 7) is 4.18. The molecule has 0 spiro atoms. The molecule has 0 saturated heterocycles. The summed E-state index contributed by atoms with van der Waals surface area (Å²) in [5, 5.41) is 33.2. The highest BCUT2D eigenvalue weighted by atomic mass is 16.3. The maximum Gasteiger partial charge on any atom is 0.249 e. The van der Waals surface area contributed by atoms with E-state index in [1.807, 2.05) is 6.08 Å². The minimum atomic E-state index is -1.10. The predicted molar refractivity (Wildman–Crippen MR) is 241 cm³/mol. The zero-order valence-corrected chi connectivity index (χ0v) is 37.1. The molecule has 0 aliphatic carbocycles. The molecule has 0 aliphatic rings. The van der Waals surface area contributed by atoms with E-state index in [0.717, 1.165) is 38.5 Å². The van der Waals surface area contributed by atoms with Crippen LogP contribution in [0.5, 0.6) is 0 Å². The third kappa shape index (κ3) is 40.8. The summed E-state index contributed by atoms with van der Waals surface area (Å²) >= 11 is 0. The van der Waals surface area contributed by atoms with Gasteiger partial charge in [0.05, 0.1) is 18.8 Å². The van der Waals surface area contributed by atoms with E-state index in [1.165, 1.54) is 205 Å². The van der Waals surface area contributed by atoms with Crippen LogP contribution in [0.3, 0.4) is 0 Å². The van der Waals surface area contributed by atoms with E-state index < -0.39 is 24.2 Å². The third-order valence-electron chi connectivity index (χ3n) is 11.5. The molecule has 326 valence electrons. The summed E-state index contributed by atoms with van der Waals surface area (Å²) in [6, 6.07) is -0.810. The van der Waals surface area contributed by atoms with Gasteiger partial charge in [-0.05, 0) is 32.1 Å². The predicted octanol–water partition coefficient (Wildman–Crippen LogP) is 14.6. The van der Waals surface area contributed by atoms with Gasteiger partial charge in [0.15, 0.2) is 0 Å². The number of aliphatic hydroxyl groups excluding tert-OH is 3. The van der Waals surface area contributed by atoms with E-state index in [1.54, 1.807) is 6.08 Å². The van der Waals surface area contributed by atoms with Crippen molar-refractivity contribution in [2.24, 2.45) is 0 Å². The van der Waals surface area contributed by atoms with Crippen molar-refractivity contribution < 1.29 is 20.1 Å². The highest BCUT2D eigenvalue weighted by Crippen LogP contribution is 2.17. The molecule has 4 N–H and O–H groups in total. The molecule has 5 heteroatoms. The standard InChI is InChI=1S/C50H97NO4/c1-3-5-7-9-11-13-15-17-19-20-21-22-23-24-25-26-27-28-29-30-31-33-35-37-39-41-43-45-49(54)50(55)51-47(46-52)48(53)44-42-40-38-36-34-32-18-16-14-12-10-8-6-4-2/h34,36,42,44,47-49,52-54H,3-33,35,37-41,43,45-46H2,1-2H3,(H,51,55)/b36-34+,44-42+. The minimum absolute atomic E-state index is 0.373. The number of hydrogen-bond donors (Lipinski definition) is 4. The molecule has 0 aromatic heterocycles. The van der Waals surface area contributed by atoms with Gasteiger partial charge >= 0.3 is 0 Å². The first-order chi connectivity index (χ1) is 27.1. The first-order valence-electron chi connectivity index (χ1n) is 24.7. The lowest BCUT2D eigenvalue weighted by atomic mass is 10.0. The second kappa shape index (κ2) is 45.5. The number of carbonyl (C=O) groups excluding carboxylic acids is 1.